The highest BCUT2D eigenvalue weighted by molar-refractivity contribution is 6.30. The van der Waals surface area contributed by atoms with Gasteiger partial charge in [0, 0.05) is 17.1 Å². The van der Waals surface area contributed by atoms with Gasteiger partial charge in [-0.2, -0.15) is 0 Å². The van der Waals surface area contributed by atoms with Crippen molar-refractivity contribution in [2.75, 3.05) is 0 Å². The van der Waals surface area contributed by atoms with Crippen LogP contribution in [-0.2, 0) is 11.3 Å². The molecule has 0 aliphatic carbocycles. The van der Waals surface area contributed by atoms with Crippen molar-refractivity contribution in [3.63, 3.8) is 0 Å². The number of benzene rings is 3. The molecule has 3 aromatic rings. The first-order chi connectivity index (χ1) is 13.9. The van der Waals surface area contributed by atoms with Crippen LogP contribution in [0.3, 0.4) is 0 Å². The zero-order valence-electron chi connectivity index (χ0n) is 15.8. The number of aliphatic hydroxyl groups excluding tert-OH is 1. The van der Waals surface area contributed by atoms with Crippen LogP contribution in [0, 0.1) is 12.7 Å². The summed E-state index contributed by atoms with van der Waals surface area (Å²) in [4.78, 5) is 14.6. The van der Waals surface area contributed by atoms with E-state index >= 15 is 0 Å². The van der Waals surface area contributed by atoms with Crippen molar-refractivity contribution in [1.82, 2.24) is 4.90 Å². The monoisotopic (exact) mass is 407 g/mol. The van der Waals surface area contributed by atoms with Crippen LogP contribution in [0.25, 0.3) is 5.57 Å². The summed E-state index contributed by atoms with van der Waals surface area (Å²) >= 11 is 6.01. The second kappa shape index (κ2) is 7.72. The van der Waals surface area contributed by atoms with Gasteiger partial charge in [-0.15, -0.1) is 0 Å². The maximum atomic E-state index is 13.5. The van der Waals surface area contributed by atoms with Crippen LogP contribution in [0.2, 0.25) is 5.02 Å². The molecule has 1 atom stereocenters. The summed E-state index contributed by atoms with van der Waals surface area (Å²) in [7, 11) is 0. The first-order valence-electron chi connectivity index (χ1n) is 9.25. The van der Waals surface area contributed by atoms with Crippen LogP contribution in [0.15, 0.2) is 78.6 Å². The Bertz CT molecular complexity index is 1070. The molecule has 29 heavy (non-hydrogen) atoms. The first-order valence-corrected chi connectivity index (χ1v) is 9.63. The van der Waals surface area contributed by atoms with E-state index in [4.69, 9.17) is 11.6 Å². The van der Waals surface area contributed by atoms with Crippen LogP contribution in [0.4, 0.5) is 4.39 Å². The predicted octanol–water partition coefficient (Wildman–Crippen LogP) is 5.84. The smallest absolute Gasteiger partial charge is 0.290 e. The maximum absolute atomic E-state index is 13.5. The van der Waals surface area contributed by atoms with Gasteiger partial charge in [-0.3, -0.25) is 4.79 Å². The molecule has 1 aliphatic heterocycles. The van der Waals surface area contributed by atoms with Crippen molar-refractivity contribution in [3.8, 4) is 0 Å². The highest BCUT2D eigenvalue weighted by Gasteiger charge is 2.40. The van der Waals surface area contributed by atoms with Crippen molar-refractivity contribution in [2.24, 2.45) is 0 Å². The molecule has 0 spiro atoms. The highest BCUT2D eigenvalue weighted by atomic mass is 35.5. The summed E-state index contributed by atoms with van der Waals surface area (Å²) in [6, 6.07) is 20.3. The summed E-state index contributed by atoms with van der Waals surface area (Å²) in [5.41, 5.74) is 3.98. The summed E-state index contributed by atoms with van der Waals surface area (Å²) in [5, 5.41) is 11.3. The molecule has 0 fully saturated rings. The number of carbonyl (C=O) groups is 1. The van der Waals surface area contributed by atoms with E-state index in [0.29, 0.717) is 22.7 Å². The minimum Gasteiger partial charge on any atom is -0.503 e. The third-order valence-electron chi connectivity index (χ3n) is 5.12. The van der Waals surface area contributed by atoms with E-state index in [1.807, 2.05) is 31.2 Å². The van der Waals surface area contributed by atoms with Gasteiger partial charge in [0.05, 0.1) is 6.04 Å². The Morgan fingerprint density at radius 3 is 2.21 bits per heavy atom. The molecule has 3 nitrogen and oxygen atoms in total. The van der Waals surface area contributed by atoms with Crippen LogP contribution >= 0.6 is 11.6 Å². The van der Waals surface area contributed by atoms with Gasteiger partial charge in [0.15, 0.2) is 5.76 Å². The van der Waals surface area contributed by atoms with E-state index in [1.165, 1.54) is 12.1 Å². The minimum atomic E-state index is -0.537. The molecule has 0 saturated heterocycles. The molecule has 1 heterocycles. The lowest BCUT2D eigenvalue weighted by atomic mass is 9.93. The average Bonchev–Trinajstić information content (AvgIpc) is 2.96. The highest BCUT2D eigenvalue weighted by Crippen LogP contribution is 2.43. The van der Waals surface area contributed by atoms with Gasteiger partial charge in [-0.25, -0.2) is 4.39 Å². The Morgan fingerprint density at radius 1 is 0.966 bits per heavy atom. The second-order valence-electron chi connectivity index (χ2n) is 7.14. The van der Waals surface area contributed by atoms with E-state index in [-0.39, 0.29) is 11.6 Å². The lowest BCUT2D eigenvalue weighted by Gasteiger charge is -2.27. The summed E-state index contributed by atoms with van der Waals surface area (Å²) in [6.45, 7) is 2.32. The number of nitrogens with zero attached hydrogens (tertiary/aromatic N) is 1. The number of carbonyl (C=O) groups excluding carboxylic acids is 1. The third kappa shape index (κ3) is 3.76. The van der Waals surface area contributed by atoms with Crippen molar-refractivity contribution in [1.29, 1.82) is 0 Å². The molecule has 1 aliphatic rings. The van der Waals surface area contributed by atoms with Crippen molar-refractivity contribution < 1.29 is 14.3 Å². The summed E-state index contributed by atoms with van der Waals surface area (Å²) in [5.74, 6) is -1.11. The Balaban J connectivity index is 1.80. The molecule has 5 heteroatoms. The normalized spacial score (nSPS) is 16.6. The molecule has 3 aromatic carbocycles. The van der Waals surface area contributed by atoms with Crippen molar-refractivity contribution in [3.05, 3.63) is 112 Å². The number of rotatable bonds is 4. The molecule has 1 amide bonds. The Labute approximate surface area is 173 Å². The molecule has 146 valence electrons. The number of hydrogen-bond acceptors (Lipinski definition) is 2. The van der Waals surface area contributed by atoms with Gasteiger partial charge in [0.25, 0.3) is 5.91 Å². The standard InChI is InChI=1S/C24H19ClFNO2/c1-15-2-4-16(5-3-15)14-27-22(18-8-12-20(26)13-9-18)21(23(28)24(27)29)17-6-10-19(25)11-7-17/h2-13,22,28H,14H2,1H3. The van der Waals surface area contributed by atoms with Gasteiger partial charge in [-0.05, 0) is 47.9 Å². The lowest BCUT2D eigenvalue weighted by molar-refractivity contribution is -0.130. The van der Waals surface area contributed by atoms with E-state index < -0.39 is 11.9 Å². The van der Waals surface area contributed by atoms with Crippen LogP contribution in [-0.4, -0.2) is 15.9 Å². The topological polar surface area (TPSA) is 40.5 Å². The van der Waals surface area contributed by atoms with Crippen molar-refractivity contribution >= 4 is 23.1 Å². The van der Waals surface area contributed by atoms with Gasteiger partial charge in [0.1, 0.15) is 5.82 Å². The van der Waals surface area contributed by atoms with E-state index in [0.717, 1.165) is 16.7 Å². The van der Waals surface area contributed by atoms with Crippen LogP contribution in [0.5, 0.6) is 0 Å². The molecule has 0 aromatic heterocycles. The molecule has 1 N–H and O–H groups in total. The number of aliphatic hydroxyl groups is 1. The Hall–Kier alpha value is -3.11. The first kappa shape index (κ1) is 19.2. The Kier molecular flexibility index (Phi) is 5.12. The molecule has 0 bridgehead atoms. The fraction of sp³-hybridized carbons (Fsp3) is 0.125. The van der Waals surface area contributed by atoms with Crippen LogP contribution < -0.4 is 0 Å². The molecule has 0 radical (unpaired) electrons. The molecule has 0 saturated carbocycles. The quantitative estimate of drug-likeness (QED) is 0.590. The van der Waals surface area contributed by atoms with E-state index in [2.05, 4.69) is 0 Å². The van der Waals surface area contributed by atoms with Crippen LogP contribution in [0.1, 0.15) is 28.3 Å². The summed E-state index contributed by atoms with van der Waals surface area (Å²) < 4.78 is 13.5. The largest absolute Gasteiger partial charge is 0.503 e. The average molecular weight is 408 g/mol. The Morgan fingerprint density at radius 2 is 1.59 bits per heavy atom. The maximum Gasteiger partial charge on any atom is 0.290 e. The molecule has 4 rings (SSSR count). The van der Waals surface area contributed by atoms with Gasteiger partial charge in [0.2, 0.25) is 0 Å². The molecular formula is C24H19ClFNO2. The zero-order chi connectivity index (χ0) is 20.5. The number of halogens is 2. The minimum absolute atomic E-state index is 0.297. The number of aryl methyl sites for hydroxylation is 1. The molecular weight excluding hydrogens is 389 g/mol. The number of hydrogen-bond donors (Lipinski definition) is 1. The van der Waals surface area contributed by atoms with Gasteiger partial charge < -0.3 is 10.0 Å². The van der Waals surface area contributed by atoms with Gasteiger partial charge >= 0.3 is 0 Å². The molecule has 1 unspecified atom stereocenters. The number of amides is 1. The van der Waals surface area contributed by atoms with E-state index in [1.54, 1.807) is 41.3 Å². The fourth-order valence-corrected chi connectivity index (χ4v) is 3.75. The summed E-state index contributed by atoms with van der Waals surface area (Å²) in [6.07, 6.45) is 0. The van der Waals surface area contributed by atoms with E-state index in [9.17, 15) is 14.3 Å². The van der Waals surface area contributed by atoms with Crippen molar-refractivity contribution in [2.45, 2.75) is 19.5 Å². The SMILES string of the molecule is Cc1ccc(CN2C(=O)C(O)=C(c3ccc(Cl)cc3)C2c2ccc(F)cc2)cc1. The third-order valence-corrected chi connectivity index (χ3v) is 5.37. The second-order valence-corrected chi connectivity index (χ2v) is 7.58. The predicted molar refractivity (Wildman–Crippen MR) is 112 cm³/mol. The zero-order valence-corrected chi connectivity index (χ0v) is 16.5. The fourth-order valence-electron chi connectivity index (χ4n) is 3.62. The lowest BCUT2D eigenvalue weighted by Crippen LogP contribution is -2.29. The van der Waals surface area contributed by atoms with Gasteiger partial charge in [-0.1, -0.05) is 65.7 Å².